The molecule has 35 heavy (non-hydrogen) atoms. The fourth-order valence-electron chi connectivity index (χ4n) is 4.38. The molecule has 0 aromatic heterocycles. The van der Waals surface area contributed by atoms with Crippen molar-refractivity contribution in [2.45, 2.75) is 38.8 Å². The van der Waals surface area contributed by atoms with Crippen LogP contribution in [0.15, 0.2) is 61.2 Å². The summed E-state index contributed by atoms with van der Waals surface area (Å²) < 4.78 is 11.2. The Morgan fingerprint density at radius 3 is 2.49 bits per heavy atom. The van der Waals surface area contributed by atoms with Gasteiger partial charge in [0.15, 0.2) is 0 Å². The highest BCUT2D eigenvalue weighted by atomic mass is 16.6. The van der Waals surface area contributed by atoms with E-state index < -0.39 is 42.3 Å². The zero-order valence-electron chi connectivity index (χ0n) is 19.8. The highest BCUT2D eigenvalue weighted by Crippen LogP contribution is 2.41. The molecule has 2 N–H and O–H groups in total. The minimum absolute atomic E-state index is 0.0116. The number of carbonyl (C=O) groups excluding carboxylic acids is 1. The van der Waals surface area contributed by atoms with Crippen LogP contribution in [-0.2, 0) is 20.9 Å². The molecular formula is C27H31NO7. The normalized spacial score (nSPS) is 19.2. The number of ether oxygens (including phenoxy) is 2. The van der Waals surface area contributed by atoms with Gasteiger partial charge in [0.1, 0.15) is 18.4 Å². The number of rotatable bonds is 11. The Bertz CT molecular complexity index is 1050. The molecule has 1 amide bonds. The molecule has 0 unspecified atom stereocenters. The molecule has 1 fully saturated rings. The molecule has 0 aliphatic carbocycles. The second-order valence-electron chi connectivity index (χ2n) is 8.60. The van der Waals surface area contributed by atoms with Crippen LogP contribution in [0.25, 0.3) is 5.57 Å². The van der Waals surface area contributed by atoms with Crippen LogP contribution in [-0.4, -0.2) is 52.3 Å². The van der Waals surface area contributed by atoms with Crippen molar-refractivity contribution in [2.75, 3.05) is 13.2 Å². The summed E-state index contributed by atoms with van der Waals surface area (Å²) in [6.45, 7) is 6.77. The molecule has 186 valence electrons. The average molecular weight is 482 g/mol. The minimum atomic E-state index is -1.35. The molecule has 3 atom stereocenters. The minimum Gasteiger partial charge on any atom is -0.494 e. The number of hydrogen-bond donors (Lipinski definition) is 2. The molecule has 1 heterocycles. The van der Waals surface area contributed by atoms with E-state index in [2.05, 4.69) is 13.5 Å². The molecule has 0 radical (unpaired) electrons. The number of hydrogen-bond acceptors (Lipinski definition) is 5. The van der Waals surface area contributed by atoms with Crippen molar-refractivity contribution >= 4 is 23.6 Å². The van der Waals surface area contributed by atoms with Gasteiger partial charge in [-0.15, -0.1) is 0 Å². The van der Waals surface area contributed by atoms with Gasteiger partial charge in [-0.1, -0.05) is 62.4 Å². The first kappa shape index (κ1) is 25.8. The second kappa shape index (κ2) is 12.1. The van der Waals surface area contributed by atoms with E-state index in [0.717, 1.165) is 23.3 Å². The van der Waals surface area contributed by atoms with E-state index in [4.69, 9.17) is 9.47 Å². The van der Waals surface area contributed by atoms with Crippen molar-refractivity contribution in [3.63, 3.8) is 0 Å². The van der Waals surface area contributed by atoms with Gasteiger partial charge in [0.05, 0.1) is 13.0 Å². The van der Waals surface area contributed by atoms with E-state index in [1.54, 1.807) is 12.1 Å². The third-order valence-electron chi connectivity index (χ3n) is 6.17. The largest absolute Gasteiger partial charge is 0.494 e. The maximum absolute atomic E-state index is 12.9. The van der Waals surface area contributed by atoms with Crippen molar-refractivity contribution in [1.29, 1.82) is 0 Å². The number of aliphatic carboxylic acids is 2. The van der Waals surface area contributed by atoms with Gasteiger partial charge < -0.3 is 19.7 Å². The number of benzene rings is 2. The van der Waals surface area contributed by atoms with Crippen molar-refractivity contribution in [2.24, 2.45) is 11.8 Å². The van der Waals surface area contributed by atoms with Crippen LogP contribution in [0.5, 0.6) is 5.75 Å². The Labute approximate surface area is 204 Å². The summed E-state index contributed by atoms with van der Waals surface area (Å²) in [5.74, 6) is -3.22. The van der Waals surface area contributed by atoms with E-state index in [-0.39, 0.29) is 13.2 Å². The lowest BCUT2D eigenvalue weighted by Crippen LogP contribution is -2.44. The fourth-order valence-corrected chi connectivity index (χ4v) is 4.38. The van der Waals surface area contributed by atoms with E-state index in [1.807, 2.05) is 42.5 Å². The van der Waals surface area contributed by atoms with Crippen molar-refractivity contribution in [3.05, 3.63) is 72.3 Å². The van der Waals surface area contributed by atoms with Gasteiger partial charge in [0.2, 0.25) is 0 Å². The Morgan fingerprint density at radius 2 is 1.83 bits per heavy atom. The van der Waals surface area contributed by atoms with Gasteiger partial charge in [-0.25, -0.2) is 9.59 Å². The predicted octanol–water partition coefficient (Wildman–Crippen LogP) is 4.69. The Balaban J connectivity index is 1.83. The van der Waals surface area contributed by atoms with Crippen LogP contribution in [0.1, 0.15) is 37.3 Å². The van der Waals surface area contributed by atoms with Crippen molar-refractivity contribution in [1.82, 2.24) is 4.90 Å². The molecule has 0 spiro atoms. The van der Waals surface area contributed by atoms with Crippen molar-refractivity contribution in [3.8, 4) is 5.75 Å². The Kier molecular flexibility index (Phi) is 8.89. The van der Waals surface area contributed by atoms with Crippen LogP contribution in [0.2, 0.25) is 0 Å². The zero-order chi connectivity index (χ0) is 25.4. The number of carbonyl (C=O) groups is 3. The van der Waals surface area contributed by atoms with E-state index in [9.17, 15) is 24.6 Å². The molecule has 0 bridgehead atoms. The van der Waals surface area contributed by atoms with Crippen LogP contribution < -0.4 is 4.74 Å². The quantitative estimate of drug-likeness (QED) is 0.448. The zero-order valence-corrected chi connectivity index (χ0v) is 19.8. The number of carboxylic acid groups (broad SMARTS) is 2. The smallest absolute Gasteiger partial charge is 0.410 e. The molecule has 3 rings (SSSR count). The van der Waals surface area contributed by atoms with Crippen LogP contribution in [0.3, 0.4) is 0 Å². The Morgan fingerprint density at radius 1 is 1.09 bits per heavy atom. The van der Waals surface area contributed by atoms with E-state index in [1.165, 1.54) is 0 Å². The summed E-state index contributed by atoms with van der Waals surface area (Å²) in [7, 11) is 0. The molecule has 8 heteroatoms. The number of unbranched alkanes of at least 4 members (excludes halogenated alkanes) is 1. The number of likely N-dealkylation sites (tertiary alicyclic amines) is 1. The first-order chi connectivity index (χ1) is 16.8. The van der Waals surface area contributed by atoms with E-state index in [0.29, 0.717) is 23.5 Å². The summed E-state index contributed by atoms with van der Waals surface area (Å²) in [5, 5.41) is 19.5. The summed E-state index contributed by atoms with van der Waals surface area (Å²) in [6.07, 6.45) is 0.687. The average Bonchev–Trinajstić information content (AvgIpc) is 3.22. The van der Waals surface area contributed by atoms with Gasteiger partial charge >= 0.3 is 18.0 Å². The lowest BCUT2D eigenvalue weighted by atomic mass is 9.81. The van der Waals surface area contributed by atoms with Crippen LogP contribution in [0.4, 0.5) is 4.79 Å². The molecule has 1 aliphatic rings. The number of nitrogens with zero attached hydrogens (tertiary/aromatic N) is 1. The predicted molar refractivity (Wildman–Crippen MR) is 130 cm³/mol. The summed E-state index contributed by atoms with van der Waals surface area (Å²) in [5.41, 5.74) is 2.03. The first-order valence-electron chi connectivity index (χ1n) is 11.7. The highest BCUT2D eigenvalue weighted by molar-refractivity contribution is 5.84. The highest BCUT2D eigenvalue weighted by Gasteiger charge is 2.50. The summed E-state index contributed by atoms with van der Waals surface area (Å²) >= 11 is 0. The molecule has 1 aliphatic heterocycles. The molecule has 0 saturated carbocycles. The first-order valence-corrected chi connectivity index (χ1v) is 11.7. The topological polar surface area (TPSA) is 113 Å². The van der Waals surface area contributed by atoms with Gasteiger partial charge in [-0.3, -0.25) is 9.69 Å². The molecule has 1 saturated heterocycles. The lowest BCUT2D eigenvalue weighted by molar-refractivity contribution is -0.144. The van der Waals surface area contributed by atoms with Crippen LogP contribution >= 0.6 is 0 Å². The standard InChI is InChI=1S/C27H31NO7/c1-3-4-13-34-21-12-8-11-20(14-21)18(2)23-16-28(25(26(31)32)22(23)15-24(29)30)27(33)35-17-19-9-6-5-7-10-19/h5-12,14,22-23,25H,2-4,13,15-17H2,1H3,(H,29,30)(H,31,32)/t22-,23+,25-/m0/s1. The monoisotopic (exact) mass is 481 g/mol. The third-order valence-corrected chi connectivity index (χ3v) is 6.17. The SMILES string of the molecule is C=C(c1cccc(OCCCC)c1)[C@H]1CN(C(=O)OCc2ccccc2)[C@H](C(=O)O)[C@H]1CC(=O)O. The van der Waals surface area contributed by atoms with Gasteiger partial charge in [-0.05, 0) is 35.3 Å². The van der Waals surface area contributed by atoms with Gasteiger partial charge in [0.25, 0.3) is 0 Å². The lowest BCUT2D eigenvalue weighted by Gasteiger charge is -2.24. The fraction of sp³-hybridized carbons (Fsp3) is 0.370. The van der Waals surface area contributed by atoms with Gasteiger partial charge in [0, 0.05) is 18.4 Å². The maximum Gasteiger partial charge on any atom is 0.410 e. The maximum atomic E-state index is 12.9. The summed E-state index contributed by atoms with van der Waals surface area (Å²) in [6, 6.07) is 14.9. The number of carboxylic acids is 2. The molecule has 8 nitrogen and oxygen atoms in total. The third kappa shape index (κ3) is 6.62. The van der Waals surface area contributed by atoms with Gasteiger partial charge in [-0.2, -0.15) is 0 Å². The Hall–Kier alpha value is -3.81. The molecular weight excluding hydrogens is 450 g/mol. The summed E-state index contributed by atoms with van der Waals surface area (Å²) in [4.78, 5) is 37.9. The molecule has 2 aromatic carbocycles. The van der Waals surface area contributed by atoms with Crippen LogP contribution in [0, 0.1) is 11.8 Å². The van der Waals surface area contributed by atoms with Crippen molar-refractivity contribution < 1.29 is 34.1 Å². The number of amides is 1. The molecule has 2 aromatic rings. The van der Waals surface area contributed by atoms with E-state index >= 15 is 0 Å². The second-order valence-corrected chi connectivity index (χ2v) is 8.60.